The molecule has 2 fully saturated rings. The number of pyridine rings is 2. The van der Waals surface area contributed by atoms with Crippen LogP contribution in [0.25, 0.3) is 22.4 Å². The van der Waals surface area contributed by atoms with Crippen LogP contribution in [-0.4, -0.2) is 71.7 Å². The van der Waals surface area contributed by atoms with Gasteiger partial charge in [-0.15, -0.1) is 0 Å². The fourth-order valence-corrected chi connectivity index (χ4v) is 8.84. The predicted octanol–water partition coefficient (Wildman–Crippen LogP) is 7.36. The minimum Gasteiger partial charge on any atom is -0.481 e. The van der Waals surface area contributed by atoms with Gasteiger partial charge in [-0.1, -0.05) is 79.5 Å². The number of aromatic nitrogens is 2. The van der Waals surface area contributed by atoms with E-state index < -0.39 is 11.9 Å². The molecule has 3 aliphatic rings. The van der Waals surface area contributed by atoms with Crippen molar-refractivity contribution in [2.24, 2.45) is 17.8 Å². The molecule has 55 heavy (non-hydrogen) atoms. The predicted molar refractivity (Wildman–Crippen MR) is 212 cm³/mol. The van der Waals surface area contributed by atoms with Gasteiger partial charge in [0.25, 0.3) is 0 Å². The van der Waals surface area contributed by atoms with Crippen LogP contribution in [0.15, 0.2) is 54.6 Å². The molecule has 4 heterocycles. The first-order chi connectivity index (χ1) is 26.5. The molecule has 1 amide bonds. The number of hydrogen-bond donors (Lipinski definition) is 3. The second kappa shape index (κ2) is 16.8. The minimum atomic E-state index is -0.760. The number of hydrogen-bond acceptors (Lipinski definition) is 9. The number of likely N-dealkylation sites (tertiary alicyclic amines) is 1. The molecule has 2 aliphatic heterocycles. The largest absolute Gasteiger partial charge is 0.481 e. The van der Waals surface area contributed by atoms with Crippen molar-refractivity contribution >= 4 is 35.1 Å². The van der Waals surface area contributed by atoms with E-state index in [2.05, 4.69) is 41.5 Å². The van der Waals surface area contributed by atoms with E-state index in [9.17, 15) is 14.7 Å². The monoisotopic (exact) mass is 787 g/mol. The smallest absolute Gasteiger partial charge is 0.308 e. The van der Waals surface area contributed by atoms with E-state index in [1.165, 1.54) is 0 Å². The molecule has 7 rings (SSSR count). The first-order valence-electron chi connectivity index (χ1n) is 18.8. The van der Waals surface area contributed by atoms with Crippen molar-refractivity contribution in [3.05, 3.63) is 86.9 Å². The SMILES string of the molecule is COc1nc(-c2cccc(-c3cccc4c3CC[C@@H]4Oc3nc(OC)c(CN4CC(C(C)C)[C@@H](C(=O)O)C4)cc3Cl)c2Cl)ccc1CNC[C@@H]1CCC(=O)N1. The van der Waals surface area contributed by atoms with Crippen molar-refractivity contribution in [3.8, 4) is 40.0 Å². The average molecular weight is 789 g/mol. The van der Waals surface area contributed by atoms with Gasteiger partial charge in [-0.25, -0.2) is 4.98 Å². The highest BCUT2D eigenvalue weighted by molar-refractivity contribution is 6.36. The van der Waals surface area contributed by atoms with E-state index in [-0.39, 0.29) is 29.9 Å². The Bertz CT molecular complexity index is 2080. The second-order valence-corrected chi connectivity index (χ2v) is 15.8. The van der Waals surface area contributed by atoms with E-state index in [0.717, 1.165) is 58.2 Å². The summed E-state index contributed by atoms with van der Waals surface area (Å²) < 4.78 is 17.9. The number of benzene rings is 2. The van der Waals surface area contributed by atoms with Crippen molar-refractivity contribution in [1.82, 2.24) is 25.5 Å². The quantitative estimate of drug-likeness (QED) is 0.119. The molecule has 2 aromatic heterocycles. The molecule has 2 saturated heterocycles. The van der Waals surface area contributed by atoms with Gasteiger partial charge < -0.3 is 30.0 Å². The van der Waals surface area contributed by atoms with Gasteiger partial charge in [-0.2, -0.15) is 4.98 Å². The molecule has 3 N–H and O–H groups in total. The van der Waals surface area contributed by atoms with Crippen LogP contribution in [0.3, 0.4) is 0 Å². The molecule has 1 aliphatic carbocycles. The molecule has 0 saturated carbocycles. The molecule has 4 atom stereocenters. The number of nitrogens with zero attached hydrogens (tertiary/aromatic N) is 3. The Morgan fingerprint density at radius 1 is 0.945 bits per heavy atom. The fraction of sp³-hybridized carbons (Fsp3) is 0.429. The van der Waals surface area contributed by atoms with Crippen LogP contribution in [0.5, 0.6) is 17.6 Å². The van der Waals surface area contributed by atoms with Crippen molar-refractivity contribution in [1.29, 1.82) is 0 Å². The summed E-state index contributed by atoms with van der Waals surface area (Å²) in [6, 6.07) is 18.1. The Morgan fingerprint density at radius 2 is 1.69 bits per heavy atom. The average Bonchev–Trinajstić information content (AvgIpc) is 3.91. The third-order valence-electron chi connectivity index (χ3n) is 11.1. The maximum absolute atomic E-state index is 12.0. The number of halogens is 2. The summed E-state index contributed by atoms with van der Waals surface area (Å²) in [6.07, 6.45) is 2.63. The number of nitrogens with one attached hydrogen (secondary N) is 2. The Labute approximate surface area is 331 Å². The number of carbonyl (C=O) groups excluding carboxylic acids is 1. The standard InChI is InChI=1S/C42H47Cl2N5O6/c1-23(2)32-21-49(22-33(32)42(51)52)20-25-17-34(43)41(48-40(25)54-4)55-36-15-13-28-27(7-5-8-29(28)36)30-9-6-10-31(38(30)44)35-14-11-24(39(47-35)53-3)18-45-19-26-12-16-37(50)46-26/h5-11,14,17,23,26,32-33,36,45H,12-13,15-16,18-22H2,1-4H3,(H,46,50)(H,51,52)/t26-,32?,33-,36-/m0/s1. The van der Waals surface area contributed by atoms with Gasteiger partial charge in [0.05, 0.1) is 30.9 Å². The minimum absolute atomic E-state index is 0.0683. The number of methoxy groups -OCH3 is 2. The number of carbonyl (C=O) groups is 2. The normalized spacial score (nSPS) is 20.8. The third kappa shape index (κ3) is 8.26. The Balaban J connectivity index is 1.08. The van der Waals surface area contributed by atoms with Gasteiger partial charge in [-0.3, -0.25) is 14.5 Å². The lowest BCUT2D eigenvalue weighted by Gasteiger charge is -2.21. The van der Waals surface area contributed by atoms with Crippen LogP contribution < -0.4 is 24.8 Å². The van der Waals surface area contributed by atoms with Gasteiger partial charge in [0.1, 0.15) is 11.1 Å². The summed E-state index contributed by atoms with van der Waals surface area (Å²) in [5, 5.41) is 17.2. The zero-order valence-corrected chi connectivity index (χ0v) is 33.0. The second-order valence-electron chi connectivity index (χ2n) is 15.0. The van der Waals surface area contributed by atoms with Crippen molar-refractivity contribution in [2.45, 2.75) is 64.8 Å². The van der Waals surface area contributed by atoms with E-state index in [1.54, 1.807) is 14.2 Å². The van der Waals surface area contributed by atoms with Crippen molar-refractivity contribution in [2.75, 3.05) is 33.9 Å². The fourth-order valence-electron chi connectivity index (χ4n) is 8.29. The first kappa shape index (κ1) is 38.8. The molecular formula is C42H47Cl2N5O6. The summed E-state index contributed by atoms with van der Waals surface area (Å²) in [7, 11) is 3.18. The lowest BCUT2D eigenvalue weighted by atomic mass is 9.86. The Hall–Kier alpha value is -4.42. The lowest BCUT2D eigenvalue weighted by Crippen LogP contribution is -2.35. The molecule has 1 unspecified atom stereocenters. The third-order valence-corrected chi connectivity index (χ3v) is 11.8. The Kier molecular flexibility index (Phi) is 11.8. The van der Waals surface area contributed by atoms with Crippen molar-refractivity contribution in [3.63, 3.8) is 0 Å². The van der Waals surface area contributed by atoms with Crippen LogP contribution in [0.1, 0.15) is 61.5 Å². The van der Waals surface area contributed by atoms with E-state index >= 15 is 0 Å². The Morgan fingerprint density at radius 3 is 2.40 bits per heavy atom. The summed E-state index contributed by atoms with van der Waals surface area (Å²) >= 11 is 14.0. The number of carboxylic acid groups (broad SMARTS) is 1. The first-order valence-corrected chi connectivity index (χ1v) is 19.6. The van der Waals surface area contributed by atoms with Gasteiger partial charge in [-0.05, 0) is 59.9 Å². The van der Waals surface area contributed by atoms with Crippen molar-refractivity contribution < 1.29 is 28.9 Å². The number of ether oxygens (including phenoxy) is 3. The zero-order chi connectivity index (χ0) is 38.8. The summed E-state index contributed by atoms with van der Waals surface area (Å²) in [6.45, 7) is 7.00. The number of amides is 1. The van der Waals surface area contributed by atoms with E-state index in [1.807, 2.05) is 42.5 Å². The van der Waals surface area contributed by atoms with E-state index in [4.69, 9.17) is 47.4 Å². The van der Waals surface area contributed by atoms with Crippen LogP contribution in [0.2, 0.25) is 10.0 Å². The number of fused-ring (bicyclic) bond motifs is 1. The van der Waals surface area contributed by atoms with Crippen LogP contribution >= 0.6 is 23.2 Å². The summed E-state index contributed by atoms with van der Waals surface area (Å²) in [5.41, 5.74) is 7.32. The number of aliphatic carboxylic acids is 1. The van der Waals surface area contributed by atoms with Gasteiger partial charge in [0, 0.05) is 67.4 Å². The van der Waals surface area contributed by atoms with Crippen LogP contribution in [0.4, 0.5) is 0 Å². The lowest BCUT2D eigenvalue weighted by molar-refractivity contribution is -0.143. The van der Waals surface area contributed by atoms with Gasteiger partial charge >= 0.3 is 5.97 Å². The molecular weight excluding hydrogens is 741 g/mol. The maximum atomic E-state index is 12.0. The molecule has 11 nitrogen and oxygen atoms in total. The molecule has 0 bridgehead atoms. The maximum Gasteiger partial charge on any atom is 0.308 e. The molecule has 4 aromatic rings. The molecule has 0 radical (unpaired) electrons. The highest BCUT2D eigenvalue weighted by Gasteiger charge is 2.39. The highest BCUT2D eigenvalue weighted by atomic mass is 35.5. The topological polar surface area (TPSA) is 135 Å². The summed E-state index contributed by atoms with van der Waals surface area (Å²) in [5.74, 6) is 0.461. The molecule has 2 aromatic carbocycles. The van der Waals surface area contributed by atoms with Crippen LogP contribution in [-0.2, 0) is 29.1 Å². The molecule has 0 spiro atoms. The van der Waals surface area contributed by atoms with E-state index in [0.29, 0.717) is 72.5 Å². The summed E-state index contributed by atoms with van der Waals surface area (Å²) in [4.78, 5) is 35.2. The molecule has 13 heteroatoms. The zero-order valence-electron chi connectivity index (χ0n) is 31.5. The van der Waals surface area contributed by atoms with Crippen LogP contribution in [0, 0.1) is 17.8 Å². The molecule has 290 valence electrons. The number of rotatable bonds is 14. The number of carboxylic acids is 1. The van der Waals surface area contributed by atoms with Gasteiger partial charge in [0.15, 0.2) is 0 Å². The highest BCUT2D eigenvalue weighted by Crippen LogP contribution is 2.45. The van der Waals surface area contributed by atoms with Gasteiger partial charge in [0.2, 0.25) is 23.5 Å².